The van der Waals surface area contributed by atoms with Gasteiger partial charge in [-0.05, 0) is 25.0 Å². The van der Waals surface area contributed by atoms with Crippen LogP contribution < -0.4 is 15.4 Å². The molecule has 5 heterocycles. The zero-order valence-corrected chi connectivity index (χ0v) is 20.7. The molecule has 3 unspecified atom stereocenters. The van der Waals surface area contributed by atoms with Gasteiger partial charge in [0.05, 0.1) is 43.1 Å². The molecule has 0 radical (unpaired) electrons. The molecule has 3 aliphatic heterocycles. The van der Waals surface area contributed by atoms with Gasteiger partial charge in [-0.25, -0.2) is 10.1 Å². The zero-order chi connectivity index (χ0) is 26.9. The van der Waals surface area contributed by atoms with E-state index in [2.05, 4.69) is 21.1 Å². The molecule has 0 bridgehead atoms. The number of nitriles is 1. The van der Waals surface area contributed by atoms with E-state index in [0.29, 0.717) is 49.9 Å². The lowest BCUT2D eigenvalue weighted by Gasteiger charge is -2.28. The number of halogens is 3. The number of nitrogens with zero attached hydrogens (tertiary/aromatic N) is 6. The lowest BCUT2D eigenvalue weighted by atomic mass is 10.0. The van der Waals surface area contributed by atoms with Crippen molar-refractivity contribution in [2.45, 2.75) is 31.5 Å². The Morgan fingerprint density at radius 3 is 2.61 bits per heavy atom. The summed E-state index contributed by atoms with van der Waals surface area (Å²) in [6.07, 6.45) is -0.700. The number of H-pyrrole nitrogens is 1. The van der Waals surface area contributed by atoms with Crippen molar-refractivity contribution in [1.82, 2.24) is 20.1 Å². The summed E-state index contributed by atoms with van der Waals surface area (Å²) in [4.78, 5) is 34.6. The topological polar surface area (TPSA) is 118 Å². The van der Waals surface area contributed by atoms with Crippen LogP contribution in [0.1, 0.15) is 30.4 Å². The van der Waals surface area contributed by atoms with E-state index in [1.54, 1.807) is 12.3 Å². The van der Waals surface area contributed by atoms with Crippen LogP contribution in [0.2, 0.25) is 0 Å². The average Bonchev–Trinajstić information content (AvgIpc) is 3.61. The number of anilines is 2. The van der Waals surface area contributed by atoms with Gasteiger partial charge in [-0.15, -0.1) is 0 Å². The molecule has 0 saturated carbocycles. The van der Waals surface area contributed by atoms with Crippen molar-refractivity contribution in [2.75, 3.05) is 55.7 Å². The first-order chi connectivity index (χ1) is 18.2. The Morgan fingerprint density at radius 1 is 1.18 bits per heavy atom. The van der Waals surface area contributed by atoms with Gasteiger partial charge in [-0.2, -0.15) is 23.5 Å². The summed E-state index contributed by atoms with van der Waals surface area (Å²) >= 11 is 0. The molecule has 5 rings (SSSR count). The summed E-state index contributed by atoms with van der Waals surface area (Å²) in [7, 11) is 0. The van der Waals surface area contributed by atoms with E-state index in [1.165, 1.54) is 4.90 Å². The van der Waals surface area contributed by atoms with E-state index in [1.807, 2.05) is 16.1 Å². The Hall–Kier alpha value is -3.66. The van der Waals surface area contributed by atoms with Crippen molar-refractivity contribution in [1.29, 1.82) is 5.26 Å². The van der Waals surface area contributed by atoms with Gasteiger partial charge in [0.1, 0.15) is 17.5 Å². The minimum absolute atomic E-state index is 0.00359. The number of fused-ring (bicyclic) bond motifs is 1. The zero-order valence-electron chi connectivity index (χ0n) is 20.7. The van der Waals surface area contributed by atoms with E-state index in [0.717, 1.165) is 25.1 Å². The van der Waals surface area contributed by atoms with Crippen molar-refractivity contribution < 1.29 is 22.7 Å². The standard InChI is InChI=1S/C25H28F3N7O3/c26-25(27,28)23-20(10-31-32-24(23)37)35-6-1-2-19(35)15-38-7-5-22(36)34-13-17-11-33(12-18(17)14-34)21-4-3-16(8-29)9-30-21/h3-4,9-10,17-19H,1-2,5-7,11-15H2,(H,32,37). The molecule has 2 aromatic heterocycles. The van der Waals surface area contributed by atoms with E-state index >= 15 is 0 Å². The number of rotatable bonds is 7. The van der Waals surface area contributed by atoms with Gasteiger partial charge in [0, 0.05) is 50.8 Å². The number of likely N-dealkylation sites (tertiary alicyclic amines) is 1. The molecular formula is C25H28F3N7O3. The largest absolute Gasteiger partial charge is 0.423 e. The number of amides is 1. The van der Waals surface area contributed by atoms with Gasteiger partial charge in [0.15, 0.2) is 0 Å². The van der Waals surface area contributed by atoms with Crippen LogP contribution in [-0.4, -0.2) is 78.0 Å². The maximum absolute atomic E-state index is 13.5. The van der Waals surface area contributed by atoms with Gasteiger partial charge in [-0.1, -0.05) is 0 Å². The molecule has 3 fully saturated rings. The van der Waals surface area contributed by atoms with Crippen LogP contribution >= 0.6 is 0 Å². The molecule has 2 aromatic rings. The third-order valence-electron chi connectivity index (χ3n) is 7.62. The van der Waals surface area contributed by atoms with Gasteiger partial charge >= 0.3 is 6.18 Å². The van der Waals surface area contributed by atoms with Crippen LogP contribution in [0.25, 0.3) is 0 Å². The molecule has 38 heavy (non-hydrogen) atoms. The summed E-state index contributed by atoms with van der Waals surface area (Å²) in [6, 6.07) is 5.34. The van der Waals surface area contributed by atoms with Gasteiger partial charge in [-0.3, -0.25) is 9.59 Å². The van der Waals surface area contributed by atoms with Crippen LogP contribution in [0.4, 0.5) is 24.7 Å². The summed E-state index contributed by atoms with van der Waals surface area (Å²) in [5, 5.41) is 14.4. The Morgan fingerprint density at radius 2 is 1.95 bits per heavy atom. The summed E-state index contributed by atoms with van der Waals surface area (Å²) < 4.78 is 46.2. The lowest BCUT2D eigenvalue weighted by molar-refractivity contribution is -0.138. The van der Waals surface area contributed by atoms with Crippen molar-refractivity contribution >= 4 is 17.4 Å². The number of hydrogen-bond donors (Lipinski definition) is 1. The molecule has 10 nitrogen and oxygen atoms in total. The minimum atomic E-state index is -4.80. The number of carbonyl (C=O) groups excluding carboxylic acids is 1. The van der Waals surface area contributed by atoms with Crippen molar-refractivity contribution in [3.8, 4) is 6.07 Å². The third kappa shape index (κ3) is 5.31. The first-order valence-corrected chi connectivity index (χ1v) is 12.6. The quantitative estimate of drug-likeness (QED) is 0.540. The molecule has 13 heteroatoms. The number of aromatic amines is 1. The monoisotopic (exact) mass is 531 g/mol. The average molecular weight is 532 g/mol. The number of carbonyl (C=O) groups is 1. The molecule has 0 aliphatic carbocycles. The fraction of sp³-hybridized carbons (Fsp3) is 0.560. The number of alkyl halides is 3. The first kappa shape index (κ1) is 26.0. The Labute approximate surface area is 217 Å². The molecular weight excluding hydrogens is 503 g/mol. The normalized spacial score (nSPS) is 23.1. The summed E-state index contributed by atoms with van der Waals surface area (Å²) in [5.41, 5.74) is -2.23. The van der Waals surface area contributed by atoms with Crippen LogP contribution in [0.3, 0.4) is 0 Å². The van der Waals surface area contributed by atoms with E-state index in [9.17, 15) is 22.8 Å². The van der Waals surface area contributed by atoms with E-state index in [-0.39, 0.29) is 37.3 Å². The molecule has 0 spiro atoms. The van der Waals surface area contributed by atoms with Crippen molar-refractivity contribution in [3.63, 3.8) is 0 Å². The highest BCUT2D eigenvalue weighted by atomic mass is 19.4. The highest BCUT2D eigenvalue weighted by Crippen LogP contribution is 2.36. The smallest absolute Gasteiger partial charge is 0.379 e. The van der Waals surface area contributed by atoms with Crippen LogP contribution in [0, 0.1) is 23.2 Å². The highest BCUT2D eigenvalue weighted by Gasteiger charge is 2.42. The molecule has 0 aromatic carbocycles. The maximum Gasteiger partial charge on any atom is 0.423 e. The number of hydrogen-bond acceptors (Lipinski definition) is 8. The van der Waals surface area contributed by atoms with Crippen LogP contribution in [0.5, 0.6) is 0 Å². The fourth-order valence-corrected chi connectivity index (χ4v) is 5.77. The molecule has 1 N–H and O–H groups in total. The fourth-order valence-electron chi connectivity index (χ4n) is 5.77. The number of aromatic nitrogens is 3. The number of nitrogens with one attached hydrogen (secondary N) is 1. The minimum Gasteiger partial charge on any atom is -0.379 e. The second-order valence-corrected chi connectivity index (χ2v) is 10.0. The molecule has 3 aliphatic rings. The predicted octanol–water partition coefficient (Wildman–Crippen LogP) is 2.03. The van der Waals surface area contributed by atoms with Gasteiger partial charge in [0.2, 0.25) is 5.91 Å². The molecule has 1 amide bonds. The van der Waals surface area contributed by atoms with Gasteiger partial charge < -0.3 is 19.4 Å². The molecule has 3 saturated heterocycles. The molecule has 3 atom stereocenters. The number of ether oxygens (including phenoxy) is 1. The van der Waals surface area contributed by atoms with Gasteiger partial charge in [0.25, 0.3) is 5.56 Å². The summed E-state index contributed by atoms with van der Waals surface area (Å²) in [6.45, 7) is 3.65. The number of pyridine rings is 1. The van der Waals surface area contributed by atoms with E-state index in [4.69, 9.17) is 10.00 Å². The third-order valence-corrected chi connectivity index (χ3v) is 7.62. The maximum atomic E-state index is 13.5. The Kier molecular flexibility index (Phi) is 7.25. The van der Waals surface area contributed by atoms with Crippen molar-refractivity contribution in [2.24, 2.45) is 11.8 Å². The lowest BCUT2D eigenvalue weighted by Crippen LogP contribution is -2.37. The second-order valence-electron chi connectivity index (χ2n) is 10.0. The Bertz CT molecular complexity index is 1250. The molecule has 202 valence electrons. The second kappa shape index (κ2) is 10.6. The predicted molar refractivity (Wildman–Crippen MR) is 130 cm³/mol. The van der Waals surface area contributed by atoms with Crippen molar-refractivity contribution in [3.05, 3.63) is 46.0 Å². The van der Waals surface area contributed by atoms with Crippen LogP contribution in [-0.2, 0) is 15.7 Å². The highest BCUT2D eigenvalue weighted by molar-refractivity contribution is 5.76. The Balaban J connectivity index is 1.08. The van der Waals surface area contributed by atoms with E-state index < -0.39 is 17.3 Å². The van der Waals surface area contributed by atoms with Crippen LogP contribution in [0.15, 0.2) is 29.3 Å². The SMILES string of the molecule is N#Cc1ccc(N2CC3CN(C(=O)CCOCC4CCCN4c4cn[nH]c(=O)c4C(F)(F)F)CC3C2)nc1. The summed E-state index contributed by atoms with van der Waals surface area (Å²) in [5.74, 6) is 1.55. The first-order valence-electron chi connectivity index (χ1n) is 12.6.